The highest BCUT2D eigenvalue weighted by Crippen LogP contribution is 2.19. The summed E-state index contributed by atoms with van der Waals surface area (Å²) < 4.78 is 13.0. The molecule has 2 N–H and O–H groups in total. The summed E-state index contributed by atoms with van der Waals surface area (Å²) in [5, 5.41) is 6.61. The Hall–Kier alpha value is -1.43. The van der Waals surface area contributed by atoms with Crippen molar-refractivity contribution in [1.29, 1.82) is 0 Å². The van der Waals surface area contributed by atoms with Crippen molar-refractivity contribution in [3.05, 3.63) is 52.4 Å². The van der Waals surface area contributed by atoms with E-state index in [4.69, 9.17) is 35.4 Å². The molecule has 1 heterocycles. The lowest BCUT2D eigenvalue weighted by Gasteiger charge is -2.10. The summed E-state index contributed by atoms with van der Waals surface area (Å²) in [7, 11) is 0. The second-order valence-corrected chi connectivity index (χ2v) is 4.82. The fourth-order valence-electron chi connectivity index (χ4n) is 1.30. The van der Waals surface area contributed by atoms with E-state index in [1.807, 2.05) is 0 Å². The van der Waals surface area contributed by atoms with E-state index in [0.717, 1.165) is 0 Å². The maximum Gasteiger partial charge on any atom is 0.176 e. The van der Waals surface area contributed by atoms with Gasteiger partial charge in [0.2, 0.25) is 0 Å². The van der Waals surface area contributed by atoms with Gasteiger partial charge in [0, 0.05) is 11.9 Å². The number of halogens is 3. The number of benzene rings is 1. The Morgan fingerprint density at radius 2 is 1.95 bits per heavy atom. The molecule has 0 aliphatic heterocycles. The summed E-state index contributed by atoms with van der Waals surface area (Å²) in [6.45, 7) is 0. The van der Waals surface area contributed by atoms with Crippen LogP contribution in [0.3, 0.4) is 0 Å². The molecule has 1 aromatic heterocycles. The van der Waals surface area contributed by atoms with Gasteiger partial charge in [-0.1, -0.05) is 23.2 Å². The molecule has 0 amide bonds. The van der Waals surface area contributed by atoms with E-state index in [1.165, 1.54) is 24.4 Å². The highest BCUT2D eigenvalue weighted by Gasteiger charge is 2.03. The summed E-state index contributed by atoms with van der Waals surface area (Å²) in [5.41, 5.74) is 0.581. The lowest BCUT2D eigenvalue weighted by molar-refractivity contribution is 0.628. The van der Waals surface area contributed by atoms with Gasteiger partial charge >= 0.3 is 0 Å². The molecule has 2 rings (SSSR count). The summed E-state index contributed by atoms with van der Waals surface area (Å²) in [5.74, 6) is 0.0700. The van der Waals surface area contributed by atoms with Crippen LogP contribution in [-0.2, 0) is 0 Å². The topological polar surface area (TPSA) is 37.0 Å². The molecule has 0 saturated heterocycles. The van der Waals surface area contributed by atoms with Crippen molar-refractivity contribution in [2.75, 3.05) is 10.6 Å². The van der Waals surface area contributed by atoms with Crippen molar-refractivity contribution in [1.82, 2.24) is 4.98 Å². The fourth-order valence-corrected chi connectivity index (χ4v) is 1.82. The van der Waals surface area contributed by atoms with Gasteiger partial charge in [0.05, 0.1) is 10.0 Å². The van der Waals surface area contributed by atoms with Gasteiger partial charge in [0.1, 0.15) is 11.6 Å². The number of nitrogens with one attached hydrogen (secondary N) is 2. The number of pyridine rings is 1. The van der Waals surface area contributed by atoms with Crippen LogP contribution in [0.5, 0.6) is 0 Å². The van der Waals surface area contributed by atoms with Crippen LogP contribution < -0.4 is 10.6 Å². The Bertz CT molecular complexity index is 604. The molecule has 0 spiro atoms. The number of hydrogen-bond acceptors (Lipinski definition) is 2. The smallest absolute Gasteiger partial charge is 0.176 e. The standard InChI is InChI=1S/C12H8Cl2FN3S/c13-7-1-4-11(16-6-7)18-12(19)17-8-2-3-10(15)9(14)5-8/h1-6H,(H2,16,17,18,19). The predicted octanol–water partition coefficient (Wildman–Crippen LogP) is 4.34. The van der Waals surface area contributed by atoms with Crippen LogP contribution in [0.1, 0.15) is 0 Å². The Morgan fingerprint density at radius 3 is 2.58 bits per heavy atom. The van der Waals surface area contributed by atoms with Gasteiger partial charge in [0.15, 0.2) is 5.11 Å². The maximum absolute atomic E-state index is 13.0. The van der Waals surface area contributed by atoms with Crippen molar-refractivity contribution < 1.29 is 4.39 Å². The van der Waals surface area contributed by atoms with Gasteiger partial charge < -0.3 is 10.6 Å². The highest BCUT2D eigenvalue weighted by molar-refractivity contribution is 7.80. The molecule has 0 atom stereocenters. The molecule has 7 heteroatoms. The molecule has 0 bridgehead atoms. The first-order valence-electron chi connectivity index (χ1n) is 5.19. The number of thiocarbonyl (C=S) groups is 1. The van der Waals surface area contributed by atoms with Crippen molar-refractivity contribution in [3.8, 4) is 0 Å². The molecule has 3 nitrogen and oxygen atoms in total. The lowest BCUT2D eigenvalue weighted by Crippen LogP contribution is -2.19. The SMILES string of the molecule is Fc1ccc(NC(=S)Nc2ccc(Cl)cn2)cc1Cl. The Balaban J connectivity index is 2.01. The summed E-state index contributed by atoms with van der Waals surface area (Å²) in [4.78, 5) is 4.03. The molecule has 0 saturated carbocycles. The average molecular weight is 316 g/mol. The minimum atomic E-state index is -0.481. The molecule has 0 aliphatic carbocycles. The number of nitrogens with zero attached hydrogens (tertiary/aromatic N) is 1. The van der Waals surface area contributed by atoms with Crippen LogP contribution in [0.4, 0.5) is 15.9 Å². The average Bonchev–Trinajstić information content (AvgIpc) is 2.37. The summed E-state index contributed by atoms with van der Waals surface area (Å²) >= 11 is 16.5. The molecule has 19 heavy (non-hydrogen) atoms. The summed E-state index contributed by atoms with van der Waals surface area (Å²) in [6, 6.07) is 7.61. The zero-order chi connectivity index (χ0) is 13.8. The van der Waals surface area contributed by atoms with Gasteiger partial charge in [-0.25, -0.2) is 9.37 Å². The van der Waals surface area contributed by atoms with Gasteiger partial charge in [-0.2, -0.15) is 0 Å². The van der Waals surface area contributed by atoms with Crippen molar-refractivity contribution in [3.63, 3.8) is 0 Å². The minimum absolute atomic E-state index is 0.0254. The van der Waals surface area contributed by atoms with Gasteiger partial charge in [0.25, 0.3) is 0 Å². The first kappa shape index (κ1) is 14.0. The normalized spacial score (nSPS) is 10.1. The number of aromatic nitrogens is 1. The highest BCUT2D eigenvalue weighted by atomic mass is 35.5. The first-order chi connectivity index (χ1) is 9.04. The molecule has 98 valence electrons. The largest absolute Gasteiger partial charge is 0.332 e. The molecule has 0 fully saturated rings. The van der Waals surface area contributed by atoms with Gasteiger partial charge in [-0.05, 0) is 42.5 Å². The second-order valence-electron chi connectivity index (χ2n) is 3.57. The van der Waals surface area contributed by atoms with Crippen LogP contribution in [0.2, 0.25) is 10.0 Å². The van der Waals surface area contributed by atoms with E-state index < -0.39 is 5.82 Å². The van der Waals surface area contributed by atoms with E-state index >= 15 is 0 Å². The monoisotopic (exact) mass is 315 g/mol. The van der Waals surface area contributed by atoms with Crippen molar-refractivity contribution in [2.24, 2.45) is 0 Å². The molecule has 2 aromatic rings. The van der Waals surface area contributed by atoms with E-state index in [2.05, 4.69) is 15.6 Å². The third-order valence-electron chi connectivity index (χ3n) is 2.15. The molecule has 0 unspecified atom stereocenters. The first-order valence-corrected chi connectivity index (χ1v) is 6.35. The van der Waals surface area contributed by atoms with Crippen LogP contribution in [0, 0.1) is 5.82 Å². The Labute approximate surface area is 124 Å². The Morgan fingerprint density at radius 1 is 1.16 bits per heavy atom. The number of anilines is 2. The number of rotatable bonds is 2. The molecular weight excluding hydrogens is 308 g/mol. The van der Waals surface area contributed by atoms with Crippen LogP contribution >= 0.6 is 35.4 Å². The lowest BCUT2D eigenvalue weighted by atomic mass is 10.3. The van der Waals surface area contributed by atoms with Crippen LogP contribution in [-0.4, -0.2) is 10.1 Å². The molecular formula is C12H8Cl2FN3S. The maximum atomic E-state index is 13.0. The molecule has 0 radical (unpaired) electrons. The fraction of sp³-hybridized carbons (Fsp3) is 0. The summed E-state index contributed by atoms with van der Waals surface area (Å²) in [6.07, 6.45) is 1.50. The van der Waals surface area contributed by atoms with E-state index in [-0.39, 0.29) is 5.02 Å². The minimum Gasteiger partial charge on any atom is -0.332 e. The Kier molecular flexibility index (Phi) is 4.52. The van der Waals surface area contributed by atoms with Gasteiger partial charge in [-0.15, -0.1) is 0 Å². The van der Waals surface area contributed by atoms with Crippen molar-refractivity contribution >= 4 is 52.0 Å². The molecule has 1 aromatic carbocycles. The van der Waals surface area contributed by atoms with E-state index in [9.17, 15) is 4.39 Å². The van der Waals surface area contributed by atoms with Gasteiger partial charge in [-0.3, -0.25) is 0 Å². The van der Waals surface area contributed by atoms with E-state index in [0.29, 0.717) is 21.6 Å². The van der Waals surface area contributed by atoms with Crippen LogP contribution in [0.15, 0.2) is 36.5 Å². The predicted molar refractivity (Wildman–Crippen MR) is 80.5 cm³/mol. The number of hydrogen-bond donors (Lipinski definition) is 2. The van der Waals surface area contributed by atoms with E-state index in [1.54, 1.807) is 12.1 Å². The quantitative estimate of drug-likeness (QED) is 0.808. The second kappa shape index (κ2) is 6.14. The third kappa shape index (κ3) is 4.02. The van der Waals surface area contributed by atoms with Crippen LogP contribution in [0.25, 0.3) is 0 Å². The van der Waals surface area contributed by atoms with Crippen molar-refractivity contribution in [2.45, 2.75) is 0 Å². The molecule has 0 aliphatic rings. The zero-order valence-corrected chi connectivity index (χ0v) is 11.8. The third-order valence-corrected chi connectivity index (χ3v) is 2.86. The zero-order valence-electron chi connectivity index (χ0n) is 9.45.